The third kappa shape index (κ3) is 1.31. The van der Waals surface area contributed by atoms with Crippen LogP contribution in [0.5, 0.6) is 0 Å². The van der Waals surface area contributed by atoms with E-state index in [4.69, 9.17) is 9.84 Å². The summed E-state index contributed by atoms with van der Waals surface area (Å²) in [5.41, 5.74) is -0.212. The van der Waals surface area contributed by atoms with Crippen molar-refractivity contribution in [2.75, 3.05) is 20.3 Å². The van der Waals surface area contributed by atoms with Gasteiger partial charge >= 0.3 is 0 Å². The van der Waals surface area contributed by atoms with E-state index in [-0.39, 0.29) is 12.0 Å². The Balaban J connectivity index is 2.32. The lowest BCUT2D eigenvalue weighted by Crippen LogP contribution is -2.29. The molecule has 1 aliphatic rings. The van der Waals surface area contributed by atoms with Gasteiger partial charge in [-0.2, -0.15) is 0 Å². The largest absolute Gasteiger partial charge is 0.396 e. The average molecular weight is 146 g/mol. The zero-order valence-electron chi connectivity index (χ0n) is 6.21. The second-order valence-corrected chi connectivity index (χ2v) is 2.99. The van der Waals surface area contributed by atoms with E-state index in [1.807, 2.05) is 0 Å². The first-order chi connectivity index (χ1) is 4.75. The first kappa shape index (κ1) is 7.98. The first-order valence-electron chi connectivity index (χ1n) is 3.53. The topological polar surface area (TPSA) is 49.7 Å². The summed E-state index contributed by atoms with van der Waals surface area (Å²) >= 11 is 0. The molecule has 0 unspecified atom stereocenters. The maximum atomic E-state index is 9.35. The smallest absolute Gasteiger partial charge is 0.0851 e. The van der Waals surface area contributed by atoms with Crippen LogP contribution in [0.15, 0.2) is 0 Å². The molecule has 0 aromatic rings. The Kier molecular flexibility index (Phi) is 2.28. The van der Waals surface area contributed by atoms with E-state index < -0.39 is 6.10 Å². The standard InChI is InChI=1S/C7H14O3/c1-10-4-6(9)7(5-8)2-3-7/h6,8-9H,2-5H2,1H3/t6-/m0/s1. The highest BCUT2D eigenvalue weighted by atomic mass is 16.5. The summed E-state index contributed by atoms with van der Waals surface area (Å²) in [4.78, 5) is 0. The van der Waals surface area contributed by atoms with Crippen LogP contribution in [-0.4, -0.2) is 36.6 Å². The van der Waals surface area contributed by atoms with E-state index in [1.165, 1.54) is 0 Å². The van der Waals surface area contributed by atoms with Crippen molar-refractivity contribution in [2.45, 2.75) is 18.9 Å². The molecule has 1 atom stereocenters. The van der Waals surface area contributed by atoms with Crippen LogP contribution in [0.2, 0.25) is 0 Å². The van der Waals surface area contributed by atoms with Gasteiger partial charge in [0.2, 0.25) is 0 Å². The molecule has 2 N–H and O–H groups in total. The summed E-state index contributed by atoms with van der Waals surface area (Å²) in [7, 11) is 1.55. The minimum atomic E-state index is -0.484. The van der Waals surface area contributed by atoms with Crippen LogP contribution in [-0.2, 0) is 4.74 Å². The van der Waals surface area contributed by atoms with Crippen molar-refractivity contribution < 1.29 is 14.9 Å². The van der Waals surface area contributed by atoms with E-state index in [2.05, 4.69) is 0 Å². The summed E-state index contributed by atoms with van der Waals surface area (Å²) in [6, 6.07) is 0. The predicted octanol–water partition coefficient (Wildman–Crippen LogP) is -0.234. The molecule has 0 amide bonds. The Morgan fingerprint density at radius 2 is 2.20 bits per heavy atom. The molecule has 0 radical (unpaired) electrons. The Morgan fingerprint density at radius 3 is 2.50 bits per heavy atom. The maximum absolute atomic E-state index is 9.35. The number of ether oxygens (including phenoxy) is 1. The highest BCUT2D eigenvalue weighted by Crippen LogP contribution is 2.48. The fraction of sp³-hybridized carbons (Fsp3) is 1.00. The minimum absolute atomic E-state index is 0.0809. The molecule has 0 bridgehead atoms. The molecule has 10 heavy (non-hydrogen) atoms. The molecule has 1 aliphatic carbocycles. The second kappa shape index (κ2) is 2.86. The Labute approximate surface area is 60.6 Å². The van der Waals surface area contributed by atoms with Crippen LogP contribution < -0.4 is 0 Å². The van der Waals surface area contributed by atoms with Gasteiger partial charge < -0.3 is 14.9 Å². The molecule has 0 aromatic heterocycles. The normalized spacial score (nSPS) is 24.3. The van der Waals surface area contributed by atoms with Crippen molar-refractivity contribution in [1.29, 1.82) is 0 Å². The maximum Gasteiger partial charge on any atom is 0.0851 e. The van der Waals surface area contributed by atoms with Crippen LogP contribution in [0.3, 0.4) is 0 Å². The van der Waals surface area contributed by atoms with E-state index in [0.717, 1.165) is 12.8 Å². The van der Waals surface area contributed by atoms with Gasteiger partial charge in [-0.05, 0) is 12.8 Å². The van der Waals surface area contributed by atoms with Gasteiger partial charge in [-0.3, -0.25) is 0 Å². The van der Waals surface area contributed by atoms with Crippen molar-refractivity contribution in [3.63, 3.8) is 0 Å². The summed E-state index contributed by atoms with van der Waals surface area (Å²) < 4.78 is 4.77. The number of aliphatic hydroxyl groups is 2. The monoisotopic (exact) mass is 146 g/mol. The fourth-order valence-electron chi connectivity index (χ4n) is 1.09. The van der Waals surface area contributed by atoms with E-state index in [9.17, 15) is 5.11 Å². The van der Waals surface area contributed by atoms with Crippen LogP contribution in [0.25, 0.3) is 0 Å². The second-order valence-electron chi connectivity index (χ2n) is 2.99. The molecule has 1 fully saturated rings. The molecule has 60 valence electrons. The highest BCUT2D eigenvalue weighted by molar-refractivity contribution is 4.98. The van der Waals surface area contributed by atoms with Crippen LogP contribution in [0, 0.1) is 5.41 Å². The number of hydrogen-bond acceptors (Lipinski definition) is 3. The van der Waals surface area contributed by atoms with Crippen molar-refractivity contribution >= 4 is 0 Å². The molecule has 1 rings (SSSR count). The molecule has 3 heteroatoms. The lowest BCUT2D eigenvalue weighted by atomic mass is 10.0. The third-order valence-electron chi connectivity index (χ3n) is 2.24. The van der Waals surface area contributed by atoms with Gasteiger partial charge in [0, 0.05) is 12.5 Å². The van der Waals surface area contributed by atoms with Gasteiger partial charge in [-0.25, -0.2) is 0 Å². The van der Waals surface area contributed by atoms with E-state index >= 15 is 0 Å². The minimum Gasteiger partial charge on any atom is -0.396 e. The van der Waals surface area contributed by atoms with Crippen molar-refractivity contribution in [3.05, 3.63) is 0 Å². The zero-order chi connectivity index (χ0) is 7.61. The van der Waals surface area contributed by atoms with Crippen molar-refractivity contribution in [3.8, 4) is 0 Å². The molecule has 0 aromatic carbocycles. The number of methoxy groups -OCH3 is 1. The van der Waals surface area contributed by atoms with Crippen LogP contribution >= 0.6 is 0 Å². The molecule has 0 spiro atoms. The molecule has 0 saturated heterocycles. The fourth-order valence-corrected chi connectivity index (χ4v) is 1.09. The number of rotatable bonds is 4. The van der Waals surface area contributed by atoms with Gasteiger partial charge in [-0.15, -0.1) is 0 Å². The van der Waals surface area contributed by atoms with Gasteiger partial charge in [0.1, 0.15) is 0 Å². The molecule has 3 nitrogen and oxygen atoms in total. The summed E-state index contributed by atoms with van der Waals surface area (Å²) in [5, 5.41) is 18.2. The molecular formula is C7H14O3. The Bertz CT molecular complexity index is 109. The predicted molar refractivity (Wildman–Crippen MR) is 36.6 cm³/mol. The summed E-state index contributed by atoms with van der Waals surface area (Å²) in [6.07, 6.45) is 1.37. The van der Waals surface area contributed by atoms with Gasteiger partial charge in [0.25, 0.3) is 0 Å². The van der Waals surface area contributed by atoms with E-state index in [1.54, 1.807) is 7.11 Å². The SMILES string of the molecule is COC[C@H](O)C1(CO)CC1. The Hall–Kier alpha value is -0.120. The summed E-state index contributed by atoms with van der Waals surface area (Å²) in [6.45, 7) is 0.415. The lowest BCUT2D eigenvalue weighted by molar-refractivity contribution is -0.00610. The summed E-state index contributed by atoms with van der Waals surface area (Å²) in [5.74, 6) is 0. The van der Waals surface area contributed by atoms with E-state index in [0.29, 0.717) is 6.61 Å². The zero-order valence-corrected chi connectivity index (χ0v) is 6.21. The van der Waals surface area contributed by atoms with Crippen LogP contribution in [0.4, 0.5) is 0 Å². The lowest BCUT2D eigenvalue weighted by Gasteiger charge is -2.18. The van der Waals surface area contributed by atoms with Crippen molar-refractivity contribution in [1.82, 2.24) is 0 Å². The third-order valence-corrected chi connectivity index (χ3v) is 2.24. The van der Waals surface area contributed by atoms with Crippen molar-refractivity contribution in [2.24, 2.45) is 5.41 Å². The highest BCUT2D eigenvalue weighted by Gasteiger charge is 2.48. The van der Waals surface area contributed by atoms with Gasteiger partial charge in [-0.1, -0.05) is 0 Å². The number of hydrogen-bond donors (Lipinski definition) is 2. The van der Waals surface area contributed by atoms with Gasteiger partial charge in [0.15, 0.2) is 0 Å². The van der Waals surface area contributed by atoms with Gasteiger partial charge in [0.05, 0.1) is 19.3 Å². The first-order valence-corrected chi connectivity index (χ1v) is 3.53. The molecule has 0 aliphatic heterocycles. The molecule has 0 heterocycles. The van der Waals surface area contributed by atoms with Crippen LogP contribution in [0.1, 0.15) is 12.8 Å². The Morgan fingerprint density at radius 1 is 1.60 bits per heavy atom. The average Bonchev–Trinajstić information content (AvgIpc) is 2.68. The number of aliphatic hydroxyl groups excluding tert-OH is 2. The quantitative estimate of drug-likeness (QED) is 0.576. The molecular weight excluding hydrogens is 132 g/mol. The molecule has 1 saturated carbocycles.